The van der Waals surface area contributed by atoms with E-state index in [0.717, 1.165) is 46.1 Å². The fraction of sp³-hybridized carbons (Fsp3) is 0.200. The Morgan fingerprint density at radius 2 is 1.21 bits per heavy atom. The maximum absolute atomic E-state index is 6.86. The van der Waals surface area contributed by atoms with Crippen molar-refractivity contribution in [2.75, 3.05) is 19.8 Å². The van der Waals surface area contributed by atoms with Crippen LogP contribution in [0.15, 0.2) is 84.9 Å². The average molecular weight is 392 g/mol. The lowest BCUT2D eigenvalue weighted by Gasteiger charge is -2.19. The Balaban J connectivity index is 1.94. The van der Waals surface area contributed by atoms with E-state index in [1.165, 1.54) is 0 Å². The van der Waals surface area contributed by atoms with E-state index < -0.39 is 0 Å². The lowest BCUT2D eigenvalue weighted by molar-refractivity contribution is 0.137. The number of ether oxygens (including phenoxy) is 1. The van der Waals surface area contributed by atoms with Gasteiger partial charge in [-0.1, -0.05) is 98.2 Å². The molecule has 2 nitrogen and oxygen atoms in total. The van der Waals surface area contributed by atoms with Crippen LogP contribution < -0.4 is 4.74 Å². The van der Waals surface area contributed by atoms with Gasteiger partial charge in [0.15, 0.2) is 0 Å². The standard InChI is InChI=1S/C25H26ClNO/c1-3-27(4-2)19-28-23-17-15-21(16-18-23)24(20-11-7-5-8-12-20)25(26)22-13-9-6-10-14-22/h5-18H,3-4,19H2,1-2H3. The molecular formula is C25H26ClNO. The lowest BCUT2D eigenvalue weighted by Crippen LogP contribution is -2.27. The third-order valence-electron chi connectivity index (χ3n) is 4.76. The van der Waals surface area contributed by atoms with E-state index in [-0.39, 0.29) is 0 Å². The summed E-state index contributed by atoms with van der Waals surface area (Å²) in [4.78, 5) is 2.23. The molecule has 0 radical (unpaired) electrons. The summed E-state index contributed by atoms with van der Waals surface area (Å²) in [6, 6.07) is 28.5. The fourth-order valence-corrected chi connectivity index (χ4v) is 3.39. The molecule has 0 atom stereocenters. The molecule has 0 bridgehead atoms. The number of nitrogens with zero attached hydrogens (tertiary/aromatic N) is 1. The molecule has 0 aliphatic carbocycles. The number of hydrogen-bond donors (Lipinski definition) is 0. The molecular weight excluding hydrogens is 366 g/mol. The van der Waals surface area contributed by atoms with E-state index in [1.54, 1.807) is 0 Å². The van der Waals surface area contributed by atoms with Crippen LogP contribution in [0.2, 0.25) is 0 Å². The Bertz CT molecular complexity index is 885. The second kappa shape index (κ2) is 10.1. The van der Waals surface area contributed by atoms with Crippen LogP contribution in [0.1, 0.15) is 30.5 Å². The summed E-state index contributed by atoms with van der Waals surface area (Å²) < 4.78 is 5.91. The van der Waals surface area contributed by atoms with Crippen LogP contribution in [0, 0.1) is 0 Å². The predicted molar refractivity (Wildman–Crippen MR) is 120 cm³/mol. The first-order valence-electron chi connectivity index (χ1n) is 9.69. The molecule has 144 valence electrons. The van der Waals surface area contributed by atoms with Crippen molar-refractivity contribution in [2.24, 2.45) is 0 Å². The fourth-order valence-electron chi connectivity index (χ4n) is 3.04. The molecule has 28 heavy (non-hydrogen) atoms. The molecule has 0 aliphatic rings. The number of hydrogen-bond acceptors (Lipinski definition) is 2. The second-order valence-electron chi connectivity index (χ2n) is 6.52. The first-order valence-corrected chi connectivity index (χ1v) is 10.1. The molecule has 0 unspecified atom stereocenters. The third-order valence-corrected chi connectivity index (χ3v) is 5.17. The summed E-state index contributed by atoms with van der Waals surface area (Å²) in [6.07, 6.45) is 0. The molecule has 3 aromatic rings. The SMILES string of the molecule is CCN(CC)COc1ccc(C(=C(Cl)c2ccccc2)c2ccccc2)cc1. The minimum absolute atomic E-state index is 0.596. The number of rotatable bonds is 8. The van der Waals surface area contributed by atoms with Crippen molar-refractivity contribution in [2.45, 2.75) is 13.8 Å². The zero-order chi connectivity index (χ0) is 19.8. The van der Waals surface area contributed by atoms with E-state index >= 15 is 0 Å². The van der Waals surface area contributed by atoms with Gasteiger partial charge in [-0.05, 0) is 41.9 Å². The Labute approximate surface area is 173 Å². The van der Waals surface area contributed by atoms with Gasteiger partial charge in [-0.2, -0.15) is 0 Å². The smallest absolute Gasteiger partial charge is 0.142 e. The van der Waals surface area contributed by atoms with Crippen molar-refractivity contribution in [3.05, 3.63) is 102 Å². The van der Waals surface area contributed by atoms with Gasteiger partial charge in [0.25, 0.3) is 0 Å². The Hall–Kier alpha value is -2.55. The van der Waals surface area contributed by atoms with Crippen LogP contribution in [-0.4, -0.2) is 24.7 Å². The van der Waals surface area contributed by atoms with Crippen molar-refractivity contribution in [1.29, 1.82) is 0 Å². The van der Waals surface area contributed by atoms with Crippen molar-refractivity contribution in [3.8, 4) is 5.75 Å². The molecule has 3 aromatic carbocycles. The number of benzene rings is 3. The van der Waals surface area contributed by atoms with Gasteiger partial charge in [0.1, 0.15) is 12.5 Å². The van der Waals surface area contributed by atoms with E-state index in [0.29, 0.717) is 6.73 Å². The van der Waals surface area contributed by atoms with Crippen LogP contribution in [-0.2, 0) is 0 Å². The first kappa shape index (κ1) is 20.2. The monoisotopic (exact) mass is 391 g/mol. The van der Waals surface area contributed by atoms with Gasteiger partial charge >= 0.3 is 0 Å². The van der Waals surface area contributed by atoms with Gasteiger partial charge in [0.2, 0.25) is 0 Å². The Morgan fingerprint density at radius 1 is 0.714 bits per heavy atom. The largest absolute Gasteiger partial charge is 0.478 e. The maximum atomic E-state index is 6.86. The molecule has 0 saturated heterocycles. The Morgan fingerprint density at radius 3 is 1.75 bits per heavy atom. The summed E-state index contributed by atoms with van der Waals surface area (Å²) in [6.45, 7) is 6.82. The maximum Gasteiger partial charge on any atom is 0.142 e. The van der Waals surface area contributed by atoms with E-state index in [9.17, 15) is 0 Å². The van der Waals surface area contributed by atoms with E-state index in [1.807, 2.05) is 60.7 Å². The van der Waals surface area contributed by atoms with Gasteiger partial charge in [-0.25, -0.2) is 0 Å². The molecule has 0 N–H and O–H groups in total. The number of halogens is 1. The van der Waals surface area contributed by atoms with Crippen molar-refractivity contribution in [1.82, 2.24) is 4.90 Å². The summed E-state index contributed by atoms with van der Waals surface area (Å²) in [7, 11) is 0. The topological polar surface area (TPSA) is 12.5 Å². The van der Waals surface area contributed by atoms with Gasteiger partial charge in [0.05, 0.1) is 5.03 Å². The summed E-state index contributed by atoms with van der Waals surface area (Å²) >= 11 is 6.86. The van der Waals surface area contributed by atoms with Crippen molar-refractivity contribution in [3.63, 3.8) is 0 Å². The van der Waals surface area contributed by atoms with Crippen LogP contribution >= 0.6 is 11.6 Å². The quantitative estimate of drug-likeness (QED) is 0.320. The highest BCUT2D eigenvalue weighted by molar-refractivity contribution is 6.53. The molecule has 0 saturated carbocycles. The Kier molecular flexibility index (Phi) is 7.30. The summed E-state index contributed by atoms with van der Waals surface area (Å²) in [5.74, 6) is 0.860. The van der Waals surface area contributed by atoms with E-state index in [2.05, 4.69) is 43.0 Å². The van der Waals surface area contributed by atoms with E-state index in [4.69, 9.17) is 16.3 Å². The van der Waals surface area contributed by atoms with Gasteiger partial charge < -0.3 is 4.74 Å². The molecule has 0 aromatic heterocycles. The summed E-state index contributed by atoms with van der Waals surface area (Å²) in [5, 5.41) is 0.739. The van der Waals surface area contributed by atoms with Crippen molar-refractivity contribution < 1.29 is 4.74 Å². The highest BCUT2D eigenvalue weighted by Gasteiger charge is 2.12. The van der Waals surface area contributed by atoms with Crippen LogP contribution in [0.3, 0.4) is 0 Å². The van der Waals surface area contributed by atoms with Crippen LogP contribution in [0.4, 0.5) is 0 Å². The second-order valence-corrected chi connectivity index (χ2v) is 6.90. The molecule has 0 fully saturated rings. The van der Waals surface area contributed by atoms with Gasteiger partial charge in [-0.15, -0.1) is 0 Å². The molecule has 3 rings (SSSR count). The van der Waals surface area contributed by atoms with Gasteiger partial charge in [-0.3, -0.25) is 4.90 Å². The highest BCUT2D eigenvalue weighted by atomic mass is 35.5. The first-order chi connectivity index (χ1) is 13.7. The van der Waals surface area contributed by atoms with Crippen LogP contribution in [0.5, 0.6) is 5.75 Å². The molecule has 0 spiro atoms. The zero-order valence-electron chi connectivity index (χ0n) is 16.4. The van der Waals surface area contributed by atoms with Crippen molar-refractivity contribution >= 4 is 22.2 Å². The highest BCUT2D eigenvalue weighted by Crippen LogP contribution is 2.35. The molecule has 3 heteroatoms. The molecule has 0 heterocycles. The average Bonchev–Trinajstić information content (AvgIpc) is 2.77. The van der Waals surface area contributed by atoms with Gasteiger partial charge in [0, 0.05) is 5.57 Å². The summed E-state index contributed by atoms with van der Waals surface area (Å²) in [5.41, 5.74) is 4.18. The molecule has 0 amide bonds. The lowest BCUT2D eigenvalue weighted by atomic mass is 9.95. The predicted octanol–water partition coefficient (Wildman–Crippen LogP) is 6.52. The van der Waals surface area contributed by atoms with Crippen LogP contribution in [0.25, 0.3) is 10.6 Å². The molecule has 0 aliphatic heterocycles. The minimum atomic E-state index is 0.596. The minimum Gasteiger partial charge on any atom is -0.478 e. The third kappa shape index (κ3) is 5.03. The normalized spacial score (nSPS) is 12.0. The zero-order valence-corrected chi connectivity index (χ0v) is 17.2.